The van der Waals surface area contributed by atoms with Crippen LogP contribution in [0.3, 0.4) is 0 Å². The second kappa shape index (κ2) is 5.40. The van der Waals surface area contributed by atoms with Gasteiger partial charge in [-0.05, 0) is 23.6 Å². The average molecular weight is 282 g/mol. The Morgan fingerprint density at radius 2 is 2.14 bits per heavy atom. The van der Waals surface area contributed by atoms with Gasteiger partial charge in [0.2, 0.25) is 5.95 Å². The van der Waals surface area contributed by atoms with Crippen molar-refractivity contribution < 1.29 is 0 Å². The van der Waals surface area contributed by atoms with E-state index in [4.69, 9.17) is 5.73 Å². The molecule has 0 aliphatic rings. The van der Waals surface area contributed by atoms with Gasteiger partial charge in [-0.25, -0.2) is 9.97 Å². The fraction of sp³-hybridized carbons (Fsp3) is 0.267. The number of benzene rings is 1. The van der Waals surface area contributed by atoms with Crippen LogP contribution >= 0.6 is 0 Å². The maximum atomic E-state index is 5.78. The number of nitrogens with zero attached hydrogens (tertiary/aromatic N) is 4. The maximum Gasteiger partial charge on any atom is 0.227 e. The van der Waals surface area contributed by atoms with E-state index in [2.05, 4.69) is 34.2 Å². The van der Waals surface area contributed by atoms with Gasteiger partial charge >= 0.3 is 0 Å². The van der Waals surface area contributed by atoms with Gasteiger partial charge in [0.05, 0.1) is 6.20 Å². The summed E-state index contributed by atoms with van der Waals surface area (Å²) in [4.78, 5) is 8.59. The number of nitrogens with two attached hydrogens (primary N) is 1. The molecule has 0 amide bonds. The van der Waals surface area contributed by atoms with Crippen molar-refractivity contribution in [2.45, 2.75) is 26.3 Å². The summed E-state index contributed by atoms with van der Waals surface area (Å²) >= 11 is 0. The third-order valence-corrected chi connectivity index (χ3v) is 3.36. The van der Waals surface area contributed by atoms with Crippen molar-refractivity contribution in [3.63, 3.8) is 0 Å². The molecule has 0 saturated heterocycles. The second-order valence-electron chi connectivity index (χ2n) is 5.29. The van der Waals surface area contributed by atoms with E-state index in [0.29, 0.717) is 18.4 Å². The van der Waals surface area contributed by atoms with Crippen molar-refractivity contribution >= 4 is 17.3 Å². The minimum Gasteiger partial charge on any atom is -0.399 e. The Kier molecular flexibility index (Phi) is 3.43. The average Bonchev–Trinajstić information content (AvgIpc) is 2.90. The number of fused-ring (bicyclic) bond motifs is 1. The van der Waals surface area contributed by atoms with Gasteiger partial charge in [0.1, 0.15) is 6.33 Å². The van der Waals surface area contributed by atoms with E-state index in [1.807, 2.05) is 30.5 Å². The predicted octanol–water partition coefficient (Wildman–Crippen LogP) is 2.44. The predicted molar refractivity (Wildman–Crippen MR) is 83.1 cm³/mol. The van der Waals surface area contributed by atoms with Gasteiger partial charge in [0.25, 0.3) is 0 Å². The molecule has 0 radical (unpaired) electrons. The minimum atomic E-state index is 0.374. The van der Waals surface area contributed by atoms with Crippen molar-refractivity contribution in [1.29, 1.82) is 0 Å². The molecule has 1 aromatic carbocycles. The Morgan fingerprint density at radius 1 is 1.29 bits per heavy atom. The van der Waals surface area contributed by atoms with Crippen molar-refractivity contribution in [2.75, 3.05) is 11.1 Å². The summed E-state index contributed by atoms with van der Waals surface area (Å²) in [7, 11) is 0. The summed E-state index contributed by atoms with van der Waals surface area (Å²) in [6.07, 6.45) is 3.41. The van der Waals surface area contributed by atoms with E-state index in [-0.39, 0.29) is 0 Å². The molecule has 0 aliphatic carbocycles. The molecule has 6 heteroatoms. The Labute approximate surface area is 123 Å². The van der Waals surface area contributed by atoms with Crippen LogP contribution < -0.4 is 11.1 Å². The number of nitrogen functional groups attached to an aromatic ring is 1. The van der Waals surface area contributed by atoms with Crippen LogP contribution in [0.1, 0.15) is 30.9 Å². The van der Waals surface area contributed by atoms with E-state index < -0.39 is 0 Å². The summed E-state index contributed by atoms with van der Waals surface area (Å²) in [5.74, 6) is 1.05. The molecule has 0 aliphatic heterocycles. The van der Waals surface area contributed by atoms with Crippen molar-refractivity contribution in [1.82, 2.24) is 19.6 Å². The lowest BCUT2D eigenvalue weighted by Crippen LogP contribution is -2.08. The van der Waals surface area contributed by atoms with Gasteiger partial charge < -0.3 is 11.1 Å². The summed E-state index contributed by atoms with van der Waals surface area (Å²) in [6.45, 7) is 4.88. The first-order chi connectivity index (χ1) is 10.1. The number of rotatable bonds is 4. The molecule has 2 heterocycles. The van der Waals surface area contributed by atoms with Gasteiger partial charge in [0, 0.05) is 17.8 Å². The highest BCUT2D eigenvalue weighted by molar-refractivity contribution is 5.51. The van der Waals surface area contributed by atoms with Crippen LogP contribution in [0.5, 0.6) is 0 Å². The molecule has 0 atom stereocenters. The monoisotopic (exact) mass is 282 g/mol. The lowest BCUT2D eigenvalue weighted by atomic mass is 10.1. The quantitative estimate of drug-likeness (QED) is 0.718. The zero-order valence-electron chi connectivity index (χ0n) is 12.1. The van der Waals surface area contributed by atoms with Crippen molar-refractivity contribution in [3.05, 3.63) is 47.9 Å². The molecule has 3 N–H and O–H groups in total. The molecule has 2 aromatic heterocycles. The third kappa shape index (κ3) is 2.65. The lowest BCUT2D eigenvalue weighted by Gasteiger charge is -2.08. The topological polar surface area (TPSA) is 81.1 Å². The minimum absolute atomic E-state index is 0.374. The number of aromatic nitrogens is 4. The number of hydrogen-bond donors (Lipinski definition) is 2. The fourth-order valence-electron chi connectivity index (χ4n) is 2.24. The molecule has 0 spiro atoms. The zero-order chi connectivity index (χ0) is 14.8. The van der Waals surface area contributed by atoms with Gasteiger partial charge in [-0.3, -0.25) is 0 Å². The number of nitrogens with one attached hydrogen (secondary N) is 1. The first-order valence-corrected chi connectivity index (χ1v) is 6.92. The van der Waals surface area contributed by atoms with Crippen LogP contribution in [0.4, 0.5) is 11.6 Å². The van der Waals surface area contributed by atoms with E-state index in [9.17, 15) is 0 Å². The van der Waals surface area contributed by atoms with Crippen molar-refractivity contribution in [3.8, 4) is 0 Å². The van der Waals surface area contributed by atoms with Crippen molar-refractivity contribution in [2.24, 2.45) is 0 Å². The molecule has 108 valence electrons. The van der Waals surface area contributed by atoms with Gasteiger partial charge in [-0.2, -0.15) is 9.61 Å². The lowest BCUT2D eigenvalue weighted by molar-refractivity contribution is 0.865. The molecule has 21 heavy (non-hydrogen) atoms. The van der Waals surface area contributed by atoms with Gasteiger partial charge in [-0.15, -0.1) is 0 Å². The van der Waals surface area contributed by atoms with E-state index >= 15 is 0 Å². The first kappa shape index (κ1) is 13.4. The molecule has 6 nitrogen and oxygen atoms in total. The molecule has 0 unspecified atom stereocenters. The third-order valence-electron chi connectivity index (χ3n) is 3.36. The highest BCUT2D eigenvalue weighted by Gasteiger charge is 2.11. The highest BCUT2D eigenvalue weighted by atomic mass is 15.3. The number of anilines is 2. The Hall–Kier alpha value is -2.63. The fourth-order valence-corrected chi connectivity index (χ4v) is 2.24. The van der Waals surface area contributed by atoms with E-state index in [1.165, 1.54) is 0 Å². The SMILES string of the molecule is CC(C)c1cnn2c(NCc3cccc(N)c3)ncnc12. The largest absolute Gasteiger partial charge is 0.399 e. The molecular weight excluding hydrogens is 264 g/mol. The molecule has 0 saturated carbocycles. The van der Waals surface area contributed by atoms with Crippen LogP contribution in [0.25, 0.3) is 5.65 Å². The molecule has 0 fully saturated rings. The first-order valence-electron chi connectivity index (χ1n) is 6.92. The van der Waals surface area contributed by atoms with Gasteiger partial charge in [0.15, 0.2) is 5.65 Å². The van der Waals surface area contributed by atoms with E-state index in [1.54, 1.807) is 10.8 Å². The second-order valence-corrected chi connectivity index (χ2v) is 5.29. The Balaban J connectivity index is 1.87. The van der Waals surface area contributed by atoms with Gasteiger partial charge in [-0.1, -0.05) is 26.0 Å². The normalized spacial score (nSPS) is 11.2. The zero-order valence-corrected chi connectivity index (χ0v) is 12.1. The maximum absolute atomic E-state index is 5.78. The summed E-state index contributed by atoms with van der Waals surface area (Å²) in [5.41, 5.74) is 9.59. The van der Waals surface area contributed by atoms with Crippen LogP contribution in [0, 0.1) is 0 Å². The summed E-state index contributed by atoms with van der Waals surface area (Å²) in [5, 5.41) is 7.65. The smallest absolute Gasteiger partial charge is 0.227 e. The Bertz CT molecular complexity index is 762. The standard InChI is InChI=1S/C15H18N6/c1-10(2)13-8-20-21-14(13)18-9-19-15(21)17-7-11-4-3-5-12(16)6-11/h3-6,8-10H,7,16H2,1-2H3,(H,17,18,19). The van der Waals surface area contributed by atoms with Crippen LogP contribution in [0.15, 0.2) is 36.8 Å². The summed E-state index contributed by atoms with van der Waals surface area (Å²) < 4.78 is 1.74. The van der Waals surface area contributed by atoms with Crippen LogP contribution in [0.2, 0.25) is 0 Å². The molecule has 0 bridgehead atoms. The van der Waals surface area contributed by atoms with Crippen LogP contribution in [-0.4, -0.2) is 19.6 Å². The summed E-state index contributed by atoms with van der Waals surface area (Å²) in [6, 6.07) is 7.76. The van der Waals surface area contributed by atoms with Crippen LogP contribution in [-0.2, 0) is 6.54 Å². The Morgan fingerprint density at radius 3 is 2.90 bits per heavy atom. The van der Waals surface area contributed by atoms with E-state index in [0.717, 1.165) is 22.5 Å². The highest BCUT2D eigenvalue weighted by Crippen LogP contribution is 2.20. The molecular formula is C15H18N6. The molecule has 3 rings (SSSR count). The molecule has 3 aromatic rings. The number of hydrogen-bond acceptors (Lipinski definition) is 5.